The molecule has 148 valence electrons. The van der Waals surface area contributed by atoms with E-state index in [0.717, 1.165) is 30.0 Å². The highest BCUT2D eigenvalue weighted by Gasteiger charge is 2.69. The minimum atomic E-state index is -0.733. The molecule has 4 aliphatic heterocycles. The third-order valence-electron chi connectivity index (χ3n) is 7.31. The van der Waals surface area contributed by atoms with Gasteiger partial charge in [-0.2, -0.15) is 0 Å². The Morgan fingerprint density at radius 2 is 1.81 bits per heavy atom. The Labute approximate surface area is 165 Å². The molecular formula is C21H28ClNO4. The number of halogens is 1. The Kier molecular flexibility index (Phi) is 4.26. The van der Waals surface area contributed by atoms with Gasteiger partial charge in [-0.15, -0.1) is 0 Å². The summed E-state index contributed by atoms with van der Waals surface area (Å²) in [5.41, 5.74) is 0.487. The molecule has 4 heterocycles. The molecule has 1 aliphatic carbocycles. The highest BCUT2D eigenvalue weighted by atomic mass is 35.5. The molecule has 5 nitrogen and oxygen atoms in total. The van der Waals surface area contributed by atoms with E-state index in [1.165, 1.54) is 6.42 Å². The maximum absolute atomic E-state index is 6.52. The van der Waals surface area contributed by atoms with E-state index in [-0.39, 0.29) is 12.1 Å². The van der Waals surface area contributed by atoms with E-state index in [1.54, 1.807) is 0 Å². The van der Waals surface area contributed by atoms with Crippen LogP contribution in [0, 0.1) is 23.7 Å². The predicted molar refractivity (Wildman–Crippen MR) is 102 cm³/mol. The number of ether oxygens (including phenoxy) is 2. The average Bonchev–Trinajstić information content (AvgIpc) is 2.87. The first kappa shape index (κ1) is 18.2. The van der Waals surface area contributed by atoms with Crippen molar-refractivity contribution in [2.75, 3.05) is 5.32 Å². The summed E-state index contributed by atoms with van der Waals surface area (Å²) in [6.45, 7) is 6.54. The van der Waals surface area contributed by atoms with Crippen LogP contribution in [-0.2, 0) is 19.2 Å². The van der Waals surface area contributed by atoms with Crippen LogP contribution in [0.1, 0.15) is 46.5 Å². The molecule has 27 heavy (non-hydrogen) atoms. The van der Waals surface area contributed by atoms with E-state index >= 15 is 0 Å². The molecule has 0 radical (unpaired) electrons. The smallest absolute Gasteiger partial charge is 0.201 e. The van der Waals surface area contributed by atoms with Crippen molar-refractivity contribution in [3.05, 3.63) is 29.3 Å². The summed E-state index contributed by atoms with van der Waals surface area (Å²) in [6, 6.07) is 7.74. The first-order valence-corrected chi connectivity index (χ1v) is 10.5. The summed E-state index contributed by atoms with van der Waals surface area (Å²) in [7, 11) is 0. The molecule has 8 atom stereocenters. The van der Waals surface area contributed by atoms with Gasteiger partial charge < -0.3 is 14.8 Å². The molecule has 1 aromatic carbocycles. The zero-order valence-corrected chi connectivity index (χ0v) is 16.9. The number of benzene rings is 1. The Balaban J connectivity index is 1.48. The average molecular weight is 394 g/mol. The number of hydrogen-bond donors (Lipinski definition) is 1. The van der Waals surface area contributed by atoms with E-state index in [2.05, 4.69) is 19.2 Å². The molecule has 0 amide bonds. The monoisotopic (exact) mass is 393 g/mol. The van der Waals surface area contributed by atoms with Crippen LogP contribution in [0.15, 0.2) is 24.3 Å². The maximum atomic E-state index is 6.52. The Morgan fingerprint density at radius 1 is 1.04 bits per heavy atom. The first-order valence-electron chi connectivity index (χ1n) is 10.1. The van der Waals surface area contributed by atoms with Crippen LogP contribution < -0.4 is 5.32 Å². The van der Waals surface area contributed by atoms with Gasteiger partial charge in [0, 0.05) is 29.0 Å². The van der Waals surface area contributed by atoms with Crippen molar-refractivity contribution in [3.8, 4) is 0 Å². The molecule has 0 aromatic heterocycles. The molecule has 5 aliphatic rings. The number of hydrogen-bond acceptors (Lipinski definition) is 5. The topological polar surface area (TPSA) is 49.0 Å². The van der Waals surface area contributed by atoms with Gasteiger partial charge >= 0.3 is 0 Å². The molecule has 1 saturated carbocycles. The van der Waals surface area contributed by atoms with Crippen molar-refractivity contribution >= 4 is 17.3 Å². The van der Waals surface area contributed by atoms with Gasteiger partial charge in [0.25, 0.3) is 0 Å². The molecule has 1 unspecified atom stereocenters. The van der Waals surface area contributed by atoms with E-state index in [0.29, 0.717) is 17.8 Å². The van der Waals surface area contributed by atoms with E-state index < -0.39 is 17.7 Å². The predicted octanol–water partition coefficient (Wildman–Crippen LogP) is 4.96. The highest BCUT2D eigenvalue weighted by Crippen LogP contribution is 2.60. The van der Waals surface area contributed by atoms with Crippen molar-refractivity contribution in [1.29, 1.82) is 0 Å². The third-order valence-corrected chi connectivity index (χ3v) is 7.56. The molecular weight excluding hydrogens is 366 g/mol. The molecule has 1 N–H and O–H groups in total. The summed E-state index contributed by atoms with van der Waals surface area (Å²) < 4.78 is 12.9. The van der Waals surface area contributed by atoms with Crippen molar-refractivity contribution in [1.82, 2.24) is 0 Å². The van der Waals surface area contributed by atoms with Crippen LogP contribution in [0.25, 0.3) is 0 Å². The van der Waals surface area contributed by atoms with Crippen molar-refractivity contribution < 1.29 is 19.2 Å². The van der Waals surface area contributed by atoms with Gasteiger partial charge in [-0.3, -0.25) is 0 Å². The SMILES string of the molecule is C[C@@H]1CC[C@H]2[C@@H](C)C(Nc3ccc(Cl)cc3)O[C@@H]3O[C@]4(C)CC[C@@H]1[C@]32OO4. The molecule has 4 saturated heterocycles. The van der Waals surface area contributed by atoms with Crippen LogP contribution >= 0.6 is 11.6 Å². The molecule has 6 heteroatoms. The first-order chi connectivity index (χ1) is 12.9. The molecule has 1 spiro atoms. The zero-order chi connectivity index (χ0) is 18.8. The number of nitrogens with one attached hydrogen (secondary N) is 1. The molecule has 1 aromatic rings. The van der Waals surface area contributed by atoms with Crippen LogP contribution in [0.4, 0.5) is 5.69 Å². The summed E-state index contributed by atoms with van der Waals surface area (Å²) in [5.74, 6) is 0.826. The lowest BCUT2D eigenvalue weighted by atomic mass is 9.58. The zero-order valence-electron chi connectivity index (χ0n) is 16.1. The quantitative estimate of drug-likeness (QED) is 0.719. The van der Waals surface area contributed by atoms with Gasteiger partial charge in [-0.1, -0.05) is 25.4 Å². The maximum Gasteiger partial charge on any atom is 0.201 e. The summed E-state index contributed by atoms with van der Waals surface area (Å²) in [5, 5.41) is 4.26. The lowest BCUT2D eigenvalue weighted by molar-refractivity contribution is -0.570. The van der Waals surface area contributed by atoms with Gasteiger partial charge in [0.15, 0.2) is 11.9 Å². The fourth-order valence-corrected chi connectivity index (χ4v) is 5.91. The third kappa shape index (κ3) is 2.74. The van der Waals surface area contributed by atoms with Gasteiger partial charge in [0.2, 0.25) is 5.79 Å². The van der Waals surface area contributed by atoms with Crippen molar-refractivity contribution in [2.24, 2.45) is 23.7 Å². The summed E-state index contributed by atoms with van der Waals surface area (Å²) in [4.78, 5) is 12.0. The van der Waals surface area contributed by atoms with Gasteiger partial charge in [0.1, 0.15) is 6.23 Å². The molecule has 5 fully saturated rings. The van der Waals surface area contributed by atoms with E-state index in [9.17, 15) is 0 Å². The highest BCUT2D eigenvalue weighted by molar-refractivity contribution is 6.30. The number of anilines is 1. The van der Waals surface area contributed by atoms with Crippen LogP contribution in [0.5, 0.6) is 0 Å². The van der Waals surface area contributed by atoms with Gasteiger partial charge in [0.05, 0.1) is 0 Å². The standard InChI is InChI=1S/C21H28ClNO4/c1-12-4-9-17-13(2)18(23-15-7-5-14(22)6-8-15)24-19-21(17)16(12)10-11-20(3,25-19)26-27-21/h5-8,12-13,16-19,23H,4,9-11H2,1-3H3/t12-,13-,16+,17+,18?,19-,20+,21-/m1/s1. The Bertz CT molecular complexity index is 715. The van der Waals surface area contributed by atoms with Crippen LogP contribution in [-0.4, -0.2) is 23.9 Å². The molecule has 6 rings (SSSR count). The largest absolute Gasteiger partial charge is 0.360 e. The minimum Gasteiger partial charge on any atom is -0.360 e. The van der Waals surface area contributed by atoms with Gasteiger partial charge in [-0.05, 0) is 62.3 Å². The van der Waals surface area contributed by atoms with Crippen LogP contribution in [0.2, 0.25) is 5.02 Å². The number of fused-ring (bicyclic) bond motifs is 2. The second-order valence-corrected chi connectivity index (χ2v) is 9.41. The molecule has 2 bridgehead atoms. The van der Waals surface area contributed by atoms with Crippen molar-refractivity contribution in [2.45, 2.75) is 70.4 Å². The van der Waals surface area contributed by atoms with Crippen molar-refractivity contribution in [3.63, 3.8) is 0 Å². The lowest BCUT2D eigenvalue weighted by Crippen LogP contribution is -2.71. The lowest BCUT2D eigenvalue weighted by Gasteiger charge is -2.60. The van der Waals surface area contributed by atoms with E-state index in [1.807, 2.05) is 31.2 Å². The van der Waals surface area contributed by atoms with Gasteiger partial charge in [-0.25, -0.2) is 9.78 Å². The minimum absolute atomic E-state index is 0.146. The summed E-state index contributed by atoms with van der Waals surface area (Å²) in [6.07, 6.45) is 3.63. The summed E-state index contributed by atoms with van der Waals surface area (Å²) >= 11 is 6.02. The normalized spacial score (nSPS) is 48.6. The Morgan fingerprint density at radius 3 is 2.59 bits per heavy atom. The fourth-order valence-electron chi connectivity index (χ4n) is 5.78. The Hall–Kier alpha value is -0.850. The second kappa shape index (κ2) is 6.33. The second-order valence-electron chi connectivity index (χ2n) is 8.98. The van der Waals surface area contributed by atoms with Crippen LogP contribution in [0.3, 0.4) is 0 Å². The van der Waals surface area contributed by atoms with E-state index in [4.69, 9.17) is 30.8 Å². The fraction of sp³-hybridized carbons (Fsp3) is 0.714. The number of rotatable bonds is 2.